The average Bonchev–Trinajstić information content (AvgIpc) is 2.82. The van der Waals surface area contributed by atoms with Crippen molar-refractivity contribution in [3.8, 4) is 0 Å². The zero-order valence-corrected chi connectivity index (χ0v) is 23.9. The number of hydrogen-bond acceptors (Lipinski definition) is 6. The van der Waals surface area contributed by atoms with Gasteiger partial charge in [-0.15, -0.1) is 0 Å². The predicted molar refractivity (Wildman–Crippen MR) is 143 cm³/mol. The molecule has 37 heavy (non-hydrogen) atoms. The normalized spacial score (nSPS) is 13.6. The lowest BCUT2D eigenvalue weighted by molar-refractivity contribution is -0.145. The van der Waals surface area contributed by atoms with Crippen LogP contribution < -0.4 is 10.6 Å². The van der Waals surface area contributed by atoms with E-state index in [-0.39, 0.29) is 18.4 Å². The molecule has 1 aromatic rings. The van der Waals surface area contributed by atoms with E-state index in [0.717, 1.165) is 17.5 Å². The minimum Gasteiger partial charge on any atom is -0.468 e. The number of benzene rings is 1. The smallest absolute Gasteiger partial charge is 0.408 e. The lowest BCUT2D eigenvalue weighted by atomic mass is 9.91. The highest BCUT2D eigenvalue weighted by molar-refractivity contribution is 5.93. The molecule has 0 fully saturated rings. The summed E-state index contributed by atoms with van der Waals surface area (Å²) in [4.78, 5) is 53.8. The van der Waals surface area contributed by atoms with Crippen LogP contribution in [0.2, 0.25) is 0 Å². The zero-order valence-electron chi connectivity index (χ0n) is 23.9. The van der Waals surface area contributed by atoms with Gasteiger partial charge in [0.25, 0.3) is 0 Å². The summed E-state index contributed by atoms with van der Waals surface area (Å²) in [6.45, 7) is 14.8. The summed E-state index contributed by atoms with van der Waals surface area (Å²) >= 11 is 0. The highest BCUT2D eigenvalue weighted by Gasteiger charge is 2.39. The SMILES string of the molecule is CCCCN(C(=O)C(NC(=O)OC(C)(C)C)C(C)CC)C(C(=O)NCC(=O)OC)c1c(C)cccc1C. The van der Waals surface area contributed by atoms with E-state index >= 15 is 0 Å². The zero-order chi connectivity index (χ0) is 28.3. The first-order valence-electron chi connectivity index (χ1n) is 13.0. The maximum Gasteiger partial charge on any atom is 0.408 e. The summed E-state index contributed by atoms with van der Waals surface area (Å²) in [7, 11) is 1.24. The predicted octanol–water partition coefficient (Wildman–Crippen LogP) is 4.20. The second-order valence-electron chi connectivity index (χ2n) is 10.4. The maximum atomic E-state index is 14.2. The van der Waals surface area contributed by atoms with Crippen LogP contribution in [0.25, 0.3) is 0 Å². The fourth-order valence-electron chi connectivity index (χ4n) is 4.01. The van der Waals surface area contributed by atoms with E-state index in [4.69, 9.17) is 4.74 Å². The van der Waals surface area contributed by atoms with Crippen molar-refractivity contribution in [3.63, 3.8) is 0 Å². The molecule has 0 aromatic heterocycles. The molecule has 0 aliphatic carbocycles. The number of methoxy groups -OCH3 is 1. The van der Waals surface area contributed by atoms with Gasteiger partial charge in [0.15, 0.2) is 0 Å². The van der Waals surface area contributed by atoms with Crippen LogP contribution in [0.5, 0.6) is 0 Å². The standard InChI is InChI=1S/C28H45N3O6/c1-10-12-16-31(26(34)23(18(3)11-2)30-27(35)37-28(6,7)8)24(25(33)29-17-21(32)36-9)22-19(4)14-13-15-20(22)5/h13-15,18,23-24H,10-12,16-17H2,1-9H3,(H,29,33)(H,30,35). The number of esters is 1. The Balaban J connectivity index is 3.59. The second-order valence-corrected chi connectivity index (χ2v) is 10.4. The van der Waals surface area contributed by atoms with Crippen LogP contribution in [0.4, 0.5) is 4.79 Å². The Morgan fingerprint density at radius 1 is 1.05 bits per heavy atom. The molecule has 1 aromatic carbocycles. The van der Waals surface area contributed by atoms with Crippen LogP contribution in [0, 0.1) is 19.8 Å². The van der Waals surface area contributed by atoms with E-state index in [2.05, 4.69) is 15.4 Å². The third kappa shape index (κ3) is 9.70. The van der Waals surface area contributed by atoms with Crippen LogP contribution in [0.15, 0.2) is 18.2 Å². The third-order valence-corrected chi connectivity index (χ3v) is 6.20. The van der Waals surface area contributed by atoms with E-state index in [1.54, 1.807) is 20.8 Å². The van der Waals surface area contributed by atoms with Crippen LogP contribution in [0.1, 0.15) is 83.5 Å². The molecule has 9 heteroatoms. The van der Waals surface area contributed by atoms with Gasteiger partial charge in [0, 0.05) is 6.54 Å². The van der Waals surface area contributed by atoms with Gasteiger partial charge in [-0.25, -0.2) is 4.79 Å². The number of ether oxygens (including phenoxy) is 2. The van der Waals surface area contributed by atoms with Crippen molar-refractivity contribution >= 4 is 23.9 Å². The van der Waals surface area contributed by atoms with Crippen molar-refractivity contribution in [2.45, 2.75) is 92.3 Å². The molecule has 3 amide bonds. The molecule has 0 heterocycles. The van der Waals surface area contributed by atoms with Gasteiger partial charge >= 0.3 is 12.1 Å². The molecule has 0 saturated carbocycles. The fraction of sp³-hybridized carbons (Fsp3) is 0.643. The lowest BCUT2D eigenvalue weighted by Gasteiger charge is -2.37. The minimum absolute atomic E-state index is 0.221. The van der Waals surface area contributed by atoms with Gasteiger partial charge in [-0.05, 0) is 63.6 Å². The van der Waals surface area contributed by atoms with Crippen molar-refractivity contribution in [1.29, 1.82) is 0 Å². The number of alkyl carbamates (subject to hydrolysis) is 1. The second kappa shape index (κ2) is 14.6. The molecular formula is C28H45N3O6. The number of carbonyl (C=O) groups is 4. The van der Waals surface area contributed by atoms with Gasteiger partial charge in [0.1, 0.15) is 24.2 Å². The van der Waals surface area contributed by atoms with Crippen LogP contribution in [-0.4, -0.2) is 60.6 Å². The third-order valence-electron chi connectivity index (χ3n) is 6.20. The Morgan fingerprint density at radius 3 is 2.14 bits per heavy atom. The molecule has 0 saturated heterocycles. The summed E-state index contributed by atoms with van der Waals surface area (Å²) in [6.07, 6.45) is 1.37. The van der Waals surface area contributed by atoms with Gasteiger partial charge in [-0.2, -0.15) is 0 Å². The molecule has 2 N–H and O–H groups in total. The van der Waals surface area contributed by atoms with Crippen molar-refractivity contribution in [1.82, 2.24) is 15.5 Å². The van der Waals surface area contributed by atoms with Crippen LogP contribution in [-0.2, 0) is 23.9 Å². The number of amides is 3. The van der Waals surface area contributed by atoms with Gasteiger partial charge in [-0.3, -0.25) is 14.4 Å². The first-order valence-corrected chi connectivity index (χ1v) is 13.0. The first-order chi connectivity index (χ1) is 17.3. The summed E-state index contributed by atoms with van der Waals surface area (Å²) < 4.78 is 10.1. The van der Waals surface area contributed by atoms with Crippen LogP contribution in [0.3, 0.4) is 0 Å². The highest BCUT2D eigenvalue weighted by Crippen LogP contribution is 2.30. The number of nitrogens with zero attached hydrogens (tertiary/aromatic N) is 1. The number of carbonyl (C=O) groups excluding carboxylic acids is 4. The lowest BCUT2D eigenvalue weighted by Crippen LogP contribution is -2.55. The van der Waals surface area contributed by atoms with Crippen molar-refractivity contribution in [3.05, 3.63) is 34.9 Å². The van der Waals surface area contributed by atoms with Crippen LogP contribution >= 0.6 is 0 Å². The molecule has 3 atom stereocenters. The Morgan fingerprint density at radius 2 is 1.65 bits per heavy atom. The average molecular weight is 520 g/mol. The highest BCUT2D eigenvalue weighted by atomic mass is 16.6. The van der Waals surface area contributed by atoms with E-state index in [1.165, 1.54) is 12.0 Å². The fourth-order valence-corrected chi connectivity index (χ4v) is 4.01. The number of hydrogen-bond donors (Lipinski definition) is 2. The number of aryl methyl sites for hydroxylation is 2. The summed E-state index contributed by atoms with van der Waals surface area (Å²) in [5.74, 6) is -1.69. The monoisotopic (exact) mass is 519 g/mol. The Kier molecular flexibility index (Phi) is 12.6. The Hall–Kier alpha value is -3.10. The van der Waals surface area contributed by atoms with Gasteiger partial charge < -0.3 is 25.0 Å². The van der Waals surface area contributed by atoms with E-state index in [9.17, 15) is 19.2 Å². The molecule has 0 radical (unpaired) electrons. The number of rotatable bonds is 12. The summed E-state index contributed by atoms with van der Waals surface area (Å²) in [5.41, 5.74) is 1.64. The Bertz CT molecular complexity index is 920. The van der Waals surface area contributed by atoms with E-state index in [1.807, 2.05) is 52.8 Å². The Labute approximate surface area is 221 Å². The number of nitrogens with one attached hydrogen (secondary N) is 2. The van der Waals surface area contributed by atoms with Gasteiger partial charge in [0.05, 0.1) is 7.11 Å². The molecule has 0 bridgehead atoms. The molecule has 0 aliphatic heterocycles. The van der Waals surface area contributed by atoms with E-state index in [0.29, 0.717) is 24.9 Å². The summed E-state index contributed by atoms with van der Waals surface area (Å²) in [6, 6.07) is 3.75. The maximum absolute atomic E-state index is 14.2. The van der Waals surface area contributed by atoms with E-state index < -0.39 is 35.7 Å². The van der Waals surface area contributed by atoms with Crippen molar-refractivity contribution in [2.75, 3.05) is 20.2 Å². The summed E-state index contributed by atoms with van der Waals surface area (Å²) in [5, 5.41) is 5.39. The largest absolute Gasteiger partial charge is 0.468 e. The molecule has 1 rings (SSSR count). The molecule has 0 spiro atoms. The molecular weight excluding hydrogens is 474 g/mol. The number of unbranched alkanes of at least 4 members (excludes halogenated alkanes) is 1. The molecule has 9 nitrogen and oxygen atoms in total. The van der Waals surface area contributed by atoms with Crippen molar-refractivity contribution in [2.24, 2.45) is 5.92 Å². The topological polar surface area (TPSA) is 114 Å². The molecule has 208 valence electrons. The minimum atomic E-state index is -1.00. The molecule has 0 aliphatic rings. The van der Waals surface area contributed by atoms with Crippen molar-refractivity contribution < 1.29 is 28.7 Å². The molecule has 3 unspecified atom stereocenters. The van der Waals surface area contributed by atoms with Gasteiger partial charge in [0.2, 0.25) is 11.8 Å². The van der Waals surface area contributed by atoms with Gasteiger partial charge in [-0.1, -0.05) is 51.8 Å². The first kappa shape index (κ1) is 31.9. The quantitative estimate of drug-likeness (QED) is 0.400.